The van der Waals surface area contributed by atoms with Crippen molar-refractivity contribution in [2.75, 3.05) is 26.9 Å². The maximum Gasteiger partial charge on any atom is 0.417 e. The first-order valence-electron chi connectivity index (χ1n) is 13.6. The van der Waals surface area contributed by atoms with E-state index in [0.29, 0.717) is 12.1 Å². The molecule has 3 aromatic carbocycles. The van der Waals surface area contributed by atoms with Crippen molar-refractivity contribution in [3.05, 3.63) is 88.7 Å². The predicted molar refractivity (Wildman–Crippen MR) is 149 cm³/mol. The van der Waals surface area contributed by atoms with E-state index in [1.54, 1.807) is 0 Å². The molecule has 0 heterocycles. The summed E-state index contributed by atoms with van der Waals surface area (Å²) in [5.41, 5.74) is 10.5. The number of amides is 1. The molecular weight excluding hydrogens is 538 g/mol. The fraction of sp³-hybridized carbons (Fsp3) is 0.387. The van der Waals surface area contributed by atoms with Gasteiger partial charge in [0, 0.05) is 37.2 Å². The number of nitrogens with two attached hydrogens (primary N) is 2. The summed E-state index contributed by atoms with van der Waals surface area (Å²) >= 11 is 0. The number of benzene rings is 3. The van der Waals surface area contributed by atoms with Gasteiger partial charge in [-0.25, -0.2) is 4.39 Å². The number of nitrogens with one attached hydrogen (secondary N) is 1. The number of ether oxygens (including phenoxy) is 2. The van der Waals surface area contributed by atoms with Gasteiger partial charge in [0.2, 0.25) is 5.91 Å². The smallest absolute Gasteiger partial charge is 0.417 e. The van der Waals surface area contributed by atoms with Gasteiger partial charge in [0.25, 0.3) is 0 Å². The highest BCUT2D eigenvalue weighted by Crippen LogP contribution is 2.43. The summed E-state index contributed by atoms with van der Waals surface area (Å²) < 4.78 is 69.2. The van der Waals surface area contributed by atoms with Crippen LogP contribution in [0.5, 0.6) is 5.75 Å². The Bertz CT molecular complexity index is 1330. The Morgan fingerprint density at radius 3 is 2.34 bits per heavy atom. The van der Waals surface area contributed by atoms with Gasteiger partial charge < -0.3 is 26.3 Å². The molecule has 220 valence electrons. The van der Waals surface area contributed by atoms with Crippen LogP contribution >= 0.6 is 0 Å². The molecule has 1 aliphatic carbocycles. The highest BCUT2D eigenvalue weighted by molar-refractivity contribution is 6.01. The molecule has 1 amide bonds. The number of methoxy groups -OCH3 is 1. The van der Waals surface area contributed by atoms with Crippen LogP contribution in [-0.2, 0) is 10.9 Å². The lowest BCUT2D eigenvalue weighted by Gasteiger charge is -2.29. The Balaban J connectivity index is 1.83. The van der Waals surface area contributed by atoms with Gasteiger partial charge in [-0.05, 0) is 66.6 Å². The van der Waals surface area contributed by atoms with Crippen LogP contribution in [0.2, 0.25) is 0 Å². The number of carbonyl (C=O) groups excluding carboxylic acids is 1. The van der Waals surface area contributed by atoms with Crippen molar-refractivity contribution in [2.24, 2.45) is 11.5 Å². The highest BCUT2D eigenvalue weighted by atomic mass is 19.4. The molecule has 41 heavy (non-hydrogen) atoms. The highest BCUT2D eigenvalue weighted by Gasteiger charge is 2.36. The minimum atomic E-state index is -4.83. The first-order valence-corrected chi connectivity index (χ1v) is 13.6. The Kier molecular flexibility index (Phi) is 10.0. The number of carbonyl (C=O) groups is 1. The zero-order valence-electron chi connectivity index (χ0n) is 22.8. The van der Waals surface area contributed by atoms with E-state index >= 15 is 4.39 Å². The summed E-state index contributed by atoms with van der Waals surface area (Å²) in [4.78, 5) is 12.3. The van der Waals surface area contributed by atoms with Crippen LogP contribution in [0.3, 0.4) is 0 Å². The van der Waals surface area contributed by atoms with Crippen LogP contribution in [-0.4, -0.2) is 44.9 Å². The molecule has 0 spiro atoms. The lowest BCUT2D eigenvalue weighted by Crippen LogP contribution is -2.39. The van der Waals surface area contributed by atoms with Crippen LogP contribution < -0.4 is 21.5 Å². The lowest BCUT2D eigenvalue weighted by atomic mass is 9.85. The molecule has 6 nitrogen and oxygen atoms in total. The van der Waals surface area contributed by atoms with Gasteiger partial charge in [-0.15, -0.1) is 0 Å². The van der Waals surface area contributed by atoms with Gasteiger partial charge in [0.1, 0.15) is 6.61 Å². The molecule has 0 radical (unpaired) electrons. The van der Waals surface area contributed by atoms with Crippen LogP contribution in [0.1, 0.15) is 58.6 Å². The van der Waals surface area contributed by atoms with E-state index in [0.717, 1.165) is 37.3 Å². The molecule has 3 aromatic rings. The Morgan fingerprint density at radius 1 is 1.00 bits per heavy atom. The van der Waals surface area contributed by atoms with Crippen molar-refractivity contribution in [2.45, 2.75) is 49.9 Å². The second kappa shape index (κ2) is 13.5. The third-order valence-corrected chi connectivity index (χ3v) is 7.52. The summed E-state index contributed by atoms with van der Waals surface area (Å²) in [7, 11) is 1.43. The van der Waals surface area contributed by atoms with Gasteiger partial charge in [0.05, 0.1) is 17.7 Å². The normalized spacial score (nSPS) is 18.2. The van der Waals surface area contributed by atoms with E-state index in [1.165, 1.54) is 31.4 Å². The summed E-state index contributed by atoms with van der Waals surface area (Å²) in [6.45, 7) is 0.539. The summed E-state index contributed by atoms with van der Waals surface area (Å²) in [5.74, 6) is -2.82. The van der Waals surface area contributed by atoms with E-state index in [2.05, 4.69) is 5.32 Å². The largest absolute Gasteiger partial charge is 0.488 e. The van der Waals surface area contributed by atoms with E-state index in [4.69, 9.17) is 20.9 Å². The van der Waals surface area contributed by atoms with Crippen LogP contribution in [0.15, 0.2) is 60.7 Å². The minimum Gasteiger partial charge on any atom is -0.488 e. The van der Waals surface area contributed by atoms with Crippen molar-refractivity contribution in [3.63, 3.8) is 0 Å². The van der Waals surface area contributed by atoms with Crippen molar-refractivity contribution < 1.29 is 31.8 Å². The van der Waals surface area contributed by atoms with E-state index in [9.17, 15) is 18.0 Å². The number of hydrogen-bond acceptors (Lipinski definition) is 5. The molecule has 5 N–H and O–H groups in total. The van der Waals surface area contributed by atoms with Gasteiger partial charge in [-0.2, -0.15) is 13.2 Å². The number of hydrogen-bond donors (Lipinski definition) is 3. The third kappa shape index (κ3) is 7.44. The molecular formula is C31H35F4N3O3. The molecule has 4 rings (SSSR count). The molecule has 0 bridgehead atoms. The Labute approximate surface area is 237 Å². The molecule has 1 unspecified atom stereocenters. The number of primary amides is 1. The average molecular weight is 574 g/mol. The number of halogens is 4. The minimum absolute atomic E-state index is 0.0389. The van der Waals surface area contributed by atoms with Crippen LogP contribution in [0.4, 0.5) is 17.6 Å². The molecule has 0 aliphatic heterocycles. The quantitative estimate of drug-likeness (QED) is 0.204. The second-order valence-electron chi connectivity index (χ2n) is 10.3. The van der Waals surface area contributed by atoms with Gasteiger partial charge in [-0.1, -0.05) is 36.4 Å². The topological polar surface area (TPSA) is 99.6 Å². The van der Waals surface area contributed by atoms with Gasteiger partial charge in [0.15, 0.2) is 11.6 Å². The Morgan fingerprint density at radius 2 is 1.71 bits per heavy atom. The molecule has 1 aliphatic rings. The van der Waals surface area contributed by atoms with Crippen LogP contribution in [0, 0.1) is 5.82 Å². The summed E-state index contributed by atoms with van der Waals surface area (Å²) in [6, 6.07) is 15.8. The molecule has 1 atom stereocenters. The third-order valence-electron chi connectivity index (χ3n) is 7.52. The van der Waals surface area contributed by atoms with Crippen molar-refractivity contribution in [1.82, 2.24) is 5.32 Å². The zero-order valence-corrected chi connectivity index (χ0v) is 22.8. The average Bonchev–Trinajstić information content (AvgIpc) is 2.95. The summed E-state index contributed by atoms with van der Waals surface area (Å²) in [5, 5.41) is 3.56. The molecule has 1 fully saturated rings. The van der Waals surface area contributed by atoms with Gasteiger partial charge >= 0.3 is 6.18 Å². The van der Waals surface area contributed by atoms with E-state index in [-0.39, 0.29) is 42.5 Å². The van der Waals surface area contributed by atoms with Crippen molar-refractivity contribution >= 4 is 5.91 Å². The van der Waals surface area contributed by atoms with Crippen molar-refractivity contribution in [1.29, 1.82) is 0 Å². The molecule has 0 saturated heterocycles. The first-order chi connectivity index (χ1) is 19.6. The predicted octanol–water partition coefficient (Wildman–Crippen LogP) is 5.63. The standard InChI is InChI=1S/C31H35F4N3O3/c1-40-15-16-41-27-14-12-23(30(37)39)28(29(27)32)24-17-20(7-13-26(24)31(33,34)35)25(19-5-3-2-4-6-19)18-38-22-10-8-21(36)9-11-22/h2-7,12-14,17,21-22,25,38H,8-11,15-16,18,36H2,1H3,(H2,37,39). The summed E-state index contributed by atoms with van der Waals surface area (Å²) in [6.07, 6.45) is -1.22. The number of rotatable bonds is 11. The molecule has 10 heteroatoms. The fourth-order valence-corrected chi connectivity index (χ4v) is 5.33. The Hall–Kier alpha value is -3.47. The SMILES string of the molecule is COCCOc1ccc(C(N)=O)c(-c2cc(C(CNC3CCC(N)CC3)c3ccccc3)ccc2C(F)(F)F)c1F. The van der Waals surface area contributed by atoms with Crippen molar-refractivity contribution in [3.8, 4) is 16.9 Å². The fourth-order valence-electron chi connectivity index (χ4n) is 5.33. The lowest BCUT2D eigenvalue weighted by molar-refractivity contribution is -0.137. The van der Waals surface area contributed by atoms with Crippen LogP contribution in [0.25, 0.3) is 11.1 Å². The maximum absolute atomic E-state index is 15.9. The monoisotopic (exact) mass is 573 g/mol. The zero-order chi connectivity index (χ0) is 29.6. The van der Waals surface area contributed by atoms with E-state index in [1.807, 2.05) is 30.3 Å². The maximum atomic E-state index is 15.9. The second-order valence-corrected chi connectivity index (χ2v) is 10.3. The number of alkyl halides is 3. The molecule has 0 aromatic heterocycles. The van der Waals surface area contributed by atoms with E-state index < -0.39 is 34.6 Å². The van der Waals surface area contributed by atoms with Gasteiger partial charge in [-0.3, -0.25) is 4.79 Å². The molecule has 1 saturated carbocycles. The first kappa shape index (κ1) is 30.5.